The number of nitrogens with one attached hydrogen (secondary N) is 2. The van der Waals surface area contributed by atoms with Crippen LogP contribution in [-0.4, -0.2) is 77.8 Å². The van der Waals surface area contributed by atoms with Crippen LogP contribution in [0.15, 0.2) is 30.3 Å². The van der Waals surface area contributed by atoms with E-state index >= 15 is 0 Å². The fourth-order valence-corrected chi connectivity index (χ4v) is 4.59. The Bertz CT molecular complexity index is 894. The first-order valence-electron chi connectivity index (χ1n) is 11.5. The molecule has 178 valence electrons. The van der Waals surface area contributed by atoms with Crippen molar-refractivity contribution in [2.45, 2.75) is 63.4 Å². The van der Waals surface area contributed by atoms with Crippen LogP contribution in [0.5, 0.6) is 0 Å². The maximum atomic E-state index is 13.5. The van der Waals surface area contributed by atoms with E-state index in [0.29, 0.717) is 31.7 Å². The second-order valence-electron chi connectivity index (χ2n) is 8.46. The zero-order valence-electron chi connectivity index (χ0n) is 18.7. The summed E-state index contributed by atoms with van der Waals surface area (Å²) in [6.45, 7) is 3.08. The molecule has 3 fully saturated rings. The van der Waals surface area contributed by atoms with Crippen LogP contribution in [0, 0.1) is 0 Å². The molecule has 4 rings (SSSR count). The van der Waals surface area contributed by atoms with E-state index in [-0.39, 0.29) is 55.0 Å². The van der Waals surface area contributed by atoms with E-state index in [1.54, 1.807) is 24.3 Å². The number of esters is 1. The normalized spacial score (nSPS) is 27.7. The second-order valence-corrected chi connectivity index (χ2v) is 8.46. The first-order valence-corrected chi connectivity index (χ1v) is 11.5. The molecular formula is C23H30N4O6. The molecule has 3 aliphatic heterocycles. The maximum absolute atomic E-state index is 13.5. The Balaban J connectivity index is 1.46. The Morgan fingerprint density at radius 3 is 2.73 bits per heavy atom. The highest BCUT2D eigenvalue weighted by atomic mass is 16.7. The molecule has 2 N–H and O–H groups in total. The number of amides is 3. The van der Waals surface area contributed by atoms with Crippen LogP contribution < -0.4 is 10.6 Å². The van der Waals surface area contributed by atoms with Crippen molar-refractivity contribution in [2.75, 3.05) is 19.7 Å². The van der Waals surface area contributed by atoms with E-state index in [4.69, 9.17) is 9.47 Å². The van der Waals surface area contributed by atoms with Gasteiger partial charge >= 0.3 is 5.97 Å². The fraction of sp³-hybridized carbons (Fsp3) is 0.565. The fourth-order valence-electron chi connectivity index (χ4n) is 4.59. The number of rotatable bonds is 7. The molecule has 0 bridgehead atoms. The van der Waals surface area contributed by atoms with Crippen molar-refractivity contribution >= 4 is 23.7 Å². The van der Waals surface area contributed by atoms with E-state index < -0.39 is 12.3 Å². The highest BCUT2D eigenvalue weighted by molar-refractivity contribution is 5.98. The summed E-state index contributed by atoms with van der Waals surface area (Å²) in [5.74, 6) is -1.10. The van der Waals surface area contributed by atoms with Crippen molar-refractivity contribution < 1.29 is 28.7 Å². The smallest absolute Gasteiger partial charge is 0.309 e. The Labute approximate surface area is 192 Å². The quantitative estimate of drug-likeness (QED) is 0.574. The summed E-state index contributed by atoms with van der Waals surface area (Å²) in [7, 11) is 0. The summed E-state index contributed by atoms with van der Waals surface area (Å²) < 4.78 is 10.7. The zero-order valence-corrected chi connectivity index (χ0v) is 18.7. The lowest BCUT2D eigenvalue weighted by Gasteiger charge is -2.44. The van der Waals surface area contributed by atoms with Gasteiger partial charge in [0.2, 0.25) is 12.2 Å². The van der Waals surface area contributed by atoms with Gasteiger partial charge in [-0.25, -0.2) is 5.01 Å². The Morgan fingerprint density at radius 2 is 1.97 bits per heavy atom. The van der Waals surface area contributed by atoms with Crippen LogP contribution in [0.25, 0.3) is 0 Å². The number of carbonyl (C=O) groups excluding carboxylic acids is 4. The first kappa shape index (κ1) is 23.2. The number of hydrazine groups is 1. The zero-order chi connectivity index (χ0) is 23.4. The summed E-state index contributed by atoms with van der Waals surface area (Å²) >= 11 is 0. The third-order valence-corrected chi connectivity index (χ3v) is 6.22. The van der Waals surface area contributed by atoms with E-state index in [0.717, 1.165) is 6.42 Å². The van der Waals surface area contributed by atoms with E-state index in [9.17, 15) is 19.2 Å². The van der Waals surface area contributed by atoms with Gasteiger partial charge in [0.05, 0.1) is 18.5 Å². The molecule has 10 heteroatoms. The molecule has 10 nitrogen and oxygen atoms in total. The first-order chi connectivity index (χ1) is 16.0. The average Bonchev–Trinajstić information content (AvgIpc) is 3.13. The molecule has 0 aliphatic carbocycles. The molecule has 3 heterocycles. The minimum absolute atomic E-state index is 0.129. The van der Waals surface area contributed by atoms with Gasteiger partial charge in [0.15, 0.2) is 0 Å². The van der Waals surface area contributed by atoms with Crippen molar-refractivity contribution in [3.8, 4) is 0 Å². The summed E-state index contributed by atoms with van der Waals surface area (Å²) in [6, 6.07) is 7.29. The van der Waals surface area contributed by atoms with Crippen molar-refractivity contribution in [1.82, 2.24) is 20.7 Å². The molecule has 1 aromatic carbocycles. The number of hydrogen-bond donors (Lipinski definition) is 2. The minimum atomic E-state index is -0.792. The Morgan fingerprint density at radius 1 is 1.18 bits per heavy atom. The number of fused-ring (bicyclic) bond motifs is 1. The van der Waals surface area contributed by atoms with Crippen LogP contribution in [0.2, 0.25) is 0 Å². The van der Waals surface area contributed by atoms with Gasteiger partial charge in [-0.2, -0.15) is 0 Å². The number of hydrogen-bond acceptors (Lipinski definition) is 7. The lowest BCUT2D eigenvalue weighted by Crippen LogP contribution is -2.62. The van der Waals surface area contributed by atoms with Gasteiger partial charge in [-0.15, -0.1) is 0 Å². The second kappa shape index (κ2) is 10.3. The van der Waals surface area contributed by atoms with Crippen molar-refractivity contribution in [3.05, 3.63) is 35.9 Å². The van der Waals surface area contributed by atoms with Crippen LogP contribution in [0.4, 0.5) is 0 Å². The Kier molecular flexibility index (Phi) is 7.24. The SMILES string of the molecule is CCOC1OC(=O)C[C@@H]1NC[C@@H]1CCCN2C(=O)CC[C@H](NC(=O)c3ccccc3)C(=O)N12. The van der Waals surface area contributed by atoms with Gasteiger partial charge in [-0.05, 0) is 38.3 Å². The predicted molar refractivity (Wildman–Crippen MR) is 116 cm³/mol. The molecule has 3 saturated heterocycles. The molecule has 1 unspecified atom stereocenters. The van der Waals surface area contributed by atoms with Gasteiger partial charge < -0.3 is 20.1 Å². The summed E-state index contributed by atoms with van der Waals surface area (Å²) in [5, 5.41) is 9.13. The highest BCUT2D eigenvalue weighted by Crippen LogP contribution is 2.25. The number of nitrogens with zero attached hydrogens (tertiary/aromatic N) is 2. The van der Waals surface area contributed by atoms with E-state index in [2.05, 4.69) is 10.6 Å². The lowest BCUT2D eigenvalue weighted by molar-refractivity contribution is -0.173. The lowest BCUT2D eigenvalue weighted by atomic mass is 10.1. The maximum Gasteiger partial charge on any atom is 0.309 e. The van der Waals surface area contributed by atoms with E-state index in [1.807, 2.05) is 13.0 Å². The van der Waals surface area contributed by atoms with Gasteiger partial charge in [0.1, 0.15) is 6.04 Å². The topological polar surface area (TPSA) is 117 Å². The van der Waals surface area contributed by atoms with Crippen LogP contribution >= 0.6 is 0 Å². The molecule has 0 aromatic heterocycles. The van der Waals surface area contributed by atoms with Gasteiger partial charge in [-0.3, -0.25) is 24.2 Å². The van der Waals surface area contributed by atoms with E-state index in [1.165, 1.54) is 10.0 Å². The summed E-state index contributed by atoms with van der Waals surface area (Å²) in [6.07, 6.45) is 1.41. The molecule has 3 amide bonds. The number of ether oxygens (including phenoxy) is 2. The summed E-state index contributed by atoms with van der Waals surface area (Å²) in [5.41, 5.74) is 0.461. The van der Waals surface area contributed by atoms with Gasteiger partial charge in [0.25, 0.3) is 11.8 Å². The Hall–Kier alpha value is -2.98. The van der Waals surface area contributed by atoms with Crippen LogP contribution in [0.3, 0.4) is 0 Å². The standard InChI is InChI=1S/C23H30N4O6/c1-2-32-23-18(13-20(29)33-23)24-14-16-9-6-12-26-19(28)11-10-17(22(31)27(16)26)25-21(30)15-7-4-3-5-8-15/h3-5,7-8,16-18,23-24H,2,6,9-14H2,1H3,(H,25,30)/t16-,17-,18-,23?/m0/s1. The molecule has 1 aromatic rings. The largest absolute Gasteiger partial charge is 0.434 e. The predicted octanol–water partition coefficient (Wildman–Crippen LogP) is 0.581. The molecule has 3 aliphatic rings. The van der Waals surface area contributed by atoms with Crippen LogP contribution in [-0.2, 0) is 23.9 Å². The molecule has 33 heavy (non-hydrogen) atoms. The van der Waals surface area contributed by atoms with Crippen LogP contribution in [0.1, 0.15) is 49.4 Å². The molecule has 0 saturated carbocycles. The monoisotopic (exact) mass is 458 g/mol. The highest BCUT2D eigenvalue weighted by Gasteiger charge is 2.43. The van der Waals surface area contributed by atoms with Gasteiger partial charge in [-0.1, -0.05) is 18.2 Å². The van der Waals surface area contributed by atoms with Gasteiger partial charge in [0, 0.05) is 31.7 Å². The molecular weight excluding hydrogens is 428 g/mol. The molecule has 0 spiro atoms. The average molecular weight is 459 g/mol. The van der Waals surface area contributed by atoms with Crippen molar-refractivity contribution in [3.63, 3.8) is 0 Å². The molecule has 0 radical (unpaired) electrons. The van der Waals surface area contributed by atoms with Crippen molar-refractivity contribution in [2.24, 2.45) is 0 Å². The summed E-state index contributed by atoms with van der Waals surface area (Å²) in [4.78, 5) is 50.7. The number of benzene rings is 1. The molecule has 4 atom stereocenters. The third kappa shape index (κ3) is 5.17. The third-order valence-electron chi connectivity index (χ3n) is 6.22. The number of cyclic esters (lactones) is 1. The number of carbonyl (C=O) groups is 4. The van der Waals surface area contributed by atoms with Crippen molar-refractivity contribution in [1.29, 1.82) is 0 Å². The minimum Gasteiger partial charge on any atom is -0.434 e.